The van der Waals surface area contributed by atoms with E-state index in [0.29, 0.717) is 19.3 Å². The van der Waals surface area contributed by atoms with E-state index in [1.165, 1.54) is 199 Å². The van der Waals surface area contributed by atoms with Crippen molar-refractivity contribution in [3.05, 3.63) is 0 Å². The molecule has 0 saturated heterocycles. The standard InChI is InChI=1S/C54H104O6/c1-5-7-9-11-13-15-17-18-19-22-27-31-35-39-43-47-54(57)60-51(48-58-52(55)45-41-37-33-29-24-16-14-12-10-8-6-2)49-59-53(56)46-42-38-34-30-26-23-20-21-25-28-32-36-40-44-50(3)4/h50-51H,5-49H2,1-4H3/t51-/m0/s1. The SMILES string of the molecule is CCCCCCCCCCCCCCCCCC(=O)O[C@@H](COC(=O)CCCCCCCCCCCCC)COC(=O)CCCCCCCCCCCCCCCC(C)C. The molecular formula is C54H104O6. The summed E-state index contributed by atoms with van der Waals surface area (Å²) in [5, 5.41) is 0. The van der Waals surface area contributed by atoms with Crippen LogP contribution >= 0.6 is 0 Å². The lowest BCUT2D eigenvalue weighted by molar-refractivity contribution is -0.167. The Labute approximate surface area is 374 Å². The van der Waals surface area contributed by atoms with Gasteiger partial charge in [-0.15, -0.1) is 0 Å². The van der Waals surface area contributed by atoms with Crippen molar-refractivity contribution in [1.29, 1.82) is 0 Å². The Morgan fingerprint density at radius 1 is 0.317 bits per heavy atom. The zero-order valence-electron chi connectivity index (χ0n) is 40.9. The van der Waals surface area contributed by atoms with Crippen LogP contribution < -0.4 is 0 Å². The summed E-state index contributed by atoms with van der Waals surface area (Å²) in [6.07, 6.45) is 50.8. The number of carbonyl (C=O) groups is 3. The molecule has 0 unspecified atom stereocenters. The van der Waals surface area contributed by atoms with Gasteiger partial charge in [0, 0.05) is 19.3 Å². The summed E-state index contributed by atoms with van der Waals surface area (Å²) in [5.74, 6) is -0.00159. The van der Waals surface area contributed by atoms with Crippen molar-refractivity contribution in [2.45, 2.75) is 310 Å². The molecule has 0 spiro atoms. The zero-order valence-corrected chi connectivity index (χ0v) is 40.9. The highest BCUT2D eigenvalue weighted by Gasteiger charge is 2.19. The monoisotopic (exact) mass is 849 g/mol. The summed E-state index contributed by atoms with van der Waals surface area (Å²) >= 11 is 0. The van der Waals surface area contributed by atoms with E-state index in [1.54, 1.807) is 0 Å². The Hall–Kier alpha value is -1.59. The van der Waals surface area contributed by atoms with Crippen LogP contribution in [0.2, 0.25) is 0 Å². The molecule has 0 saturated carbocycles. The van der Waals surface area contributed by atoms with Gasteiger partial charge in [-0.3, -0.25) is 14.4 Å². The van der Waals surface area contributed by atoms with Crippen molar-refractivity contribution >= 4 is 17.9 Å². The Bertz CT molecular complexity index is 903. The smallest absolute Gasteiger partial charge is 0.306 e. The van der Waals surface area contributed by atoms with Gasteiger partial charge in [0.15, 0.2) is 6.10 Å². The van der Waals surface area contributed by atoms with E-state index in [-0.39, 0.29) is 31.1 Å². The fourth-order valence-electron chi connectivity index (χ4n) is 8.22. The molecule has 60 heavy (non-hydrogen) atoms. The van der Waals surface area contributed by atoms with Gasteiger partial charge in [-0.25, -0.2) is 0 Å². The second kappa shape index (κ2) is 48.4. The summed E-state index contributed by atoms with van der Waals surface area (Å²) in [4.78, 5) is 38.0. The van der Waals surface area contributed by atoms with Crippen molar-refractivity contribution in [2.24, 2.45) is 5.92 Å². The van der Waals surface area contributed by atoms with Gasteiger partial charge in [-0.05, 0) is 25.2 Å². The predicted molar refractivity (Wildman–Crippen MR) is 257 cm³/mol. The highest BCUT2D eigenvalue weighted by Crippen LogP contribution is 2.17. The summed E-state index contributed by atoms with van der Waals surface area (Å²) in [5.41, 5.74) is 0. The van der Waals surface area contributed by atoms with Crippen molar-refractivity contribution in [3.63, 3.8) is 0 Å². The minimum absolute atomic E-state index is 0.0624. The molecule has 0 aliphatic heterocycles. The van der Waals surface area contributed by atoms with Crippen LogP contribution in [0.3, 0.4) is 0 Å². The number of esters is 3. The molecule has 0 N–H and O–H groups in total. The fourth-order valence-corrected chi connectivity index (χ4v) is 8.22. The topological polar surface area (TPSA) is 78.9 Å². The second-order valence-corrected chi connectivity index (χ2v) is 19.0. The third kappa shape index (κ3) is 47.5. The van der Waals surface area contributed by atoms with Crippen LogP contribution in [0.1, 0.15) is 304 Å². The molecular weight excluding hydrogens is 745 g/mol. The summed E-state index contributed by atoms with van der Waals surface area (Å²) < 4.78 is 16.8. The Morgan fingerprint density at radius 2 is 0.550 bits per heavy atom. The first-order valence-corrected chi connectivity index (χ1v) is 26.9. The van der Waals surface area contributed by atoms with Crippen LogP contribution in [0.5, 0.6) is 0 Å². The fraction of sp³-hybridized carbons (Fsp3) is 0.944. The molecule has 0 heterocycles. The van der Waals surface area contributed by atoms with Gasteiger partial charge < -0.3 is 14.2 Å². The minimum atomic E-state index is -0.760. The van der Waals surface area contributed by atoms with Gasteiger partial charge in [-0.2, -0.15) is 0 Å². The third-order valence-corrected chi connectivity index (χ3v) is 12.3. The van der Waals surface area contributed by atoms with Gasteiger partial charge in [0.1, 0.15) is 13.2 Å². The maximum Gasteiger partial charge on any atom is 0.306 e. The molecule has 0 rings (SSSR count). The maximum atomic E-state index is 12.8. The van der Waals surface area contributed by atoms with E-state index in [1.807, 2.05) is 0 Å². The Balaban J connectivity index is 4.29. The van der Waals surface area contributed by atoms with Gasteiger partial charge in [0.2, 0.25) is 0 Å². The van der Waals surface area contributed by atoms with Crippen LogP contribution in [0.4, 0.5) is 0 Å². The highest BCUT2D eigenvalue weighted by atomic mass is 16.6. The molecule has 0 radical (unpaired) electrons. The van der Waals surface area contributed by atoms with Crippen molar-refractivity contribution in [1.82, 2.24) is 0 Å². The Morgan fingerprint density at radius 3 is 0.817 bits per heavy atom. The molecule has 0 bridgehead atoms. The summed E-state index contributed by atoms with van der Waals surface area (Å²) in [6, 6.07) is 0. The average Bonchev–Trinajstić information content (AvgIpc) is 3.23. The third-order valence-electron chi connectivity index (χ3n) is 12.3. The lowest BCUT2D eigenvalue weighted by atomic mass is 10.0. The first-order chi connectivity index (χ1) is 29.4. The van der Waals surface area contributed by atoms with E-state index in [4.69, 9.17) is 14.2 Å². The lowest BCUT2D eigenvalue weighted by Crippen LogP contribution is -2.30. The molecule has 0 aromatic rings. The van der Waals surface area contributed by atoms with Gasteiger partial charge in [-0.1, -0.05) is 265 Å². The van der Waals surface area contributed by atoms with E-state index >= 15 is 0 Å². The number of unbranched alkanes of at least 4 members (excludes halogenated alkanes) is 36. The lowest BCUT2D eigenvalue weighted by Gasteiger charge is -2.18. The number of hydrogen-bond acceptors (Lipinski definition) is 6. The molecule has 0 aromatic carbocycles. The van der Waals surface area contributed by atoms with E-state index < -0.39 is 6.10 Å². The summed E-state index contributed by atoms with van der Waals surface area (Å²) in [6.45, 7) is 9.04. The number of rotatable bonds is 49. The van der Waals surface area contributed by atoms with Crippen LogP contribution in [0.25, 0.3) is 0 Å². The molecule has 0 aliphatic rings. The molecule has 356 valence electrons. The molecule has 6 nitrogen and oxygen atoms in total. The van der Waals surface area contributed by atoms with Crippen molar-refractivity contribution in [2.75, 3.05) is 13.2 Å². The van der Waals surface area contributed by atoms with Crippen LogP contribution in [-0.4, -0.2) is 37.2 Å². The minimum Gasteiger partial charge on any atom is -0.462 e. The molecule has 1 atom stereocenters. The van der Waals surface area contributed by atoms with Gasteiger partial charge in [0.25, 0.3) is 0 Å². The van der Waals surface area contributed by atoms with Crippen LogP contribution in [0, 0.1) is 5.92 Å². The normalized spacial score (nSPS) is 11.9. The van der Waals surface area contributed by atoms with Crippen molar-refractivity contribution in [3.8, 4) is 0 Å². The maximum absolute atomic E-state index is 12.8. The quantitative estimate of drug-likeness (QED) is 0.0345. The number of ether oxygens (including phenoxy) is 3. The first kappa shape index (κ1) is 58.4. The number of hydrogen-bond donors (Lipinski definition) is 0. The van der Waals surface area contributed by atoms with E-state index in [2.05, 4.69) is 27.7 Å². The molecule has 0 aliphatic carbocycles. The summed E-state index contributed by atoms with van der Waals surface area (Å²) in [7, 11) is 0. The first-order valence-electron chi connectivity index (χ1n) is 26.9. The molecule has 0 amide bonds. The largest absolute Gasteiger partial charge is 0.462 e. The molecule has 6 heteroatoms. The van der Waals surface area contributed by atoms with Crippen LogP contribution in [0.15, 0.2) is 0 Å². The highest BCUT2D eigenvalue weighted by molar-refractivity contribution is 5.71. The van der Waals surface area contributed by atoms with E-state index in [0.717, 1.165) is 63.7 Å². The molecule has 0 aromatic heterocycles. The van der Waals surface area contributed by atoms with Crippen molar-refractivity contribution < 1.29 is 28.6 Å². The predicted octanol–water partition coefficient (Wildman–Crippen LogP) is 17.5. The average molecular weight is 849 g/mol. The van der Waals surface area contributed by atoms with Gasteiger partial charge >= 0.3 is 17.9 Å². The van der Waals surface area contributed by atoms with Gasteiger partial charge in [0.05, 0.1) is 0 Å². The number of carbonyl (C=O) groups excluding carboxylic acids is 3. The Kier molecular flexibility index (Phi) is 47.2. The van der Waals surface area contributed by atoms with E-state index in [9.17, 15) is 14.4 Å². The second-order valence-electron chi connectivity index (χ2n) is 19.0. The van der Waals surface area contributed by atoms with Crippen LogP contribution in [-0.2, 0) is 28.6 Å². The molecule has 0 fully saturated rings. The zero-order chi connectivity index (χ0) is 43.8.